The van der Waals surface area contributed by atoms with Crippen LogP contribution in [0.1, 0.15) is 26.2 Å². The van der Waals surface area contributed by atoms with Gasteiger partial charge in [-0.2, -0.15) is 0 Å². The molecular formula is C15H23NO2. The maximum atomic E-state index is 5.74. The molecule has 0 unspecified atom stereocenters. The van der Waals surface area contributed by atoms with Crippen molar-refractivity contribution in [3.63, 3.8) is 0 Å². The van der Waals surface area contributed by atoms with E-state index in [9.17, 15) is 0 Å². The zero-order chi connectivity index (χ0) is 12.6. The molecule has 0 spiro atoms. The van der Waals surface area contributed by atoms with Gasteiger partial charge < -0.3 is 9.47 Å². The summed E-state index contributed by atoms with van der Waals surface area (Å²) in [4.78, 5) is 2.48. The summed E-state index contributed by atoms with van der Waals surface area (Å²) < 4.78 is 11.1. The first-order valence-corrected chi connectivity index (χ1v) is 6.96. The lowest BCUT2D eigenvalue weighted by atomic mass is 10.1. The molecule has 1 aliphatic heterocycles. The van der Waals surface area contributed by atoms with Crippen LogP contribution in [0.2, 0.25) is 0 Å². The largest absolute Gasteiger partial charge is 0.494 e. The molecule has 1 aromatic carbocycles. The zero-order valence-electron chi connectivity index (χ0n) is 11.2. The van der Waals surface area contributed by atoms with Gasteiger partial charge in [0.1, 0.15) is 18.1 Å². The number of nitrogens with zero attached hydrogens (tertiary/aromatic N) is 1. The average molecular weight is 249 g/mol. The third-order valence-corrected chi connectivity index (χ3v) is 3.26. The molecule has 0 saturated carbocycles. The molecule has 1 heterocycles. The topological polar surface area (TPSA) is 21.7 Å². The summed E-state index contributed by atoms with van der Waals surface area (Å²) in [5, 5.41) is 0. The van der Waals surface area contributed by atoms with Gasteiger partial charge in [-0.3, -0.25) is 4.90 Å². The highest BCUT2D eigenvalue weighted by Crippen LogP contribution is 2.17. The molecule has 0 N–H and O–H groups in total. The van der Waals surface area contributed by atoms with E-state index in [-0.39, 0.29) is 0 Å². The van der Waals surface area contributed by atoms with Crippen molar-refractivity contribution >= 4 is 0 Å². The quantitative estimate of drug-likeness (QED) is 0.773. The minimum Gasteiger partial charge on any atom is -0.494 e. The van der Waals surface area contributed by atoms with Crippen LogP contribution < -0.4 is 9.47 Å². The summed E-state index contributed by atoms with van der Waals surface area (Å²) in [5.74, 6) is 1.83. The van der Waals surface area contributed by atoms with Crippen molar-refractivity contribution in [2.75, 3.05) is 32.8 Å². The van der Waals surface area contributed by atoms with Gasteiger partial charge in [0.2, 0.25) is 0 Å². The second kappa shape index (κ2) is 7.27. The van der Waals surface area contributed by atoms with E-state index in [4.69, 9.17) is 9.47 Å². The van der Waals surface area contributed by atoms with Gasteiger partial charge in [0.25, 0.3) is 0 Å². The molecule has 0 bridgehead atoms. The van der Waals surface area contributed by atoms with Gasteiger partial charge in [-0.25, -0.2) is 0 Å². The van der Waals surface area contributed by atoms with Crippen LogP contribution in [0.5, 0.6) is 11.5 Å². The van der Waals surface area contributed by atoms with Gasteiger partial charge in [-0.15, -0.1) is 0 Å². The van der Waals surface area contributed by atoms with Gasteiger partial charge in [0.15, 0.2) is 0 Å². The summed E-state index contributed by atoms with van der Waals surface area (Å²) in [5.41, 5.74) is 0. The first kappa shape index (κ1) is 13.2. The maximum absolute atomic E-state index is 5.74. The molecule has 0 aliphatic carbocycles. The van der Waals surface area contributed by atoms with Crippen LogP contribution in [0.3, 0.4) is 0 Å². The van der Waals surface area contributed by atoms with Crippen LogP contribution in [0.4, 0.5) is 0 Å². The Balaban J connectivity index is 1.69. The van der Waals surface area contributed by atoms with Gasteiger partial charge in [-0.05, 0) is 57.1 Å². The van der Waals surface area contributed by atoms with Gasteiger partial charge in [0, 0.05) is 6.54 Å². The molecule has 3 heteroatoms. The molecule has 100 valence electrons. The van der Waals surface area contributed by atoms with E-state index in [1.54, 1.807) is 0 Å². The van der Waals surface area contributed by atoms with Crippen LogP contribution in [0, 0.1) is 0 Å². The predicted molar refractivity (Wildman–Crippen MR) is 73.4 cm³/mol. The first-order chi connectivity index (χ1) is 8.88. The highest BCUT2D eigenvalue weighted by Gasteiger charge is 2.09. The van der Waals surface area contributed by atoms with E-state index in [1.807, 2.05) is 31.2 Å². The molecule has 1 aliphatic rings. The van der Waals surface area contributed by atoms with Crippen molar-refractivity contribution in [3.05, 3.63) is 24.3 Å². The lowest BCUT2D eigenvalue weighted by Crippen LogP contribution is -2.33. The van der Waals surface area contributed by atoms with Crippen LogP contribution in [-0.4, -0.2) is 37.7 Å². The van der Waals surface area contributed by atoms with Crippen molar-refractivity contribution in [1.29, 1.82) is 0 Å². The van der Waals surface area contributed by atoms with Crippen LogP contribution in [0.15, 0.2) is 24.3 Å². The number of likely N-dealkylation sites (tertiary alicyclic amines) is 1. The van der Waals surface area contributed by atoms with Crippen molar-refractivity contribution in [3.8, 4) is 11.5 Å². The summed E-state index contributed by atoms with van der Waals surface area (Å²) in [6.07, 6.45) is 4.06. The van der Waals surface area contributed by atoms with E-state index >= 15 is 0 Å². The molecule has 0 amide bonds. The standard InChI is InChI=1S/C15H23NO2/c1-2-17-14-6-8-15(9-7-14)18-13-12-16-10-4-3-5-11-16/h6-9H,2-5,10-13H2,1H3. The molecule has 2 rings (SSSR count). The van der Waals surface area contributed by atoms with Crippen molar-refractivity contribution in [2.45, 2.75) is 26.2 Å². The molecule has 0 aromatic heterocycles. The Kier molecular flexibility index (Phi) is 5.34. The Bertz CT molecular complexity index is 331. The fraction of sp³-hybridized carbons (Fsp3) is 0.600. The highest BCUT2D eigenvalue weighted by molar-refractivity contribution is 5.31. The lowest BCUT2D eigenvalue weighted by Gasteiger charge is -2.26. The van der Waals surface area contributed by atoms with Crippen LogP contribution in [0.25, 0.3) is 0 Å². The van der Waals surface area contributed by atoms with E-state index in [2.05, 4.69) is 4.90 Å². The third-order valence-electron chi connectivity index (χ3n) is 3.26. The molecular weight excluding hydrogens is 226 g/mol. The number of hydrogen-bond acceptors (Lipinski definition) is 3. The Hall–Kier alpha value is -1.22. The number of benzene rings is 1. The predicted octanol–water partition coefficient (Wildman–Crippen LogP) is 2.95. The van der Waals surface area contributed by atoms with Crippen LogP contribution >= 0.6 is 0 Å². The van der Waals surface area contributed by atoms with Crippen molar-refractivity contribution < 1.29 is 9.47 Å². The summed E-state index contributed by atoms with van der Waals surface area (Å²) in [7, 11) is 0. The Labute approximate surface area is 110 Å². The Morgan fingerprint density at radius 2 is 1.56 bits per heavy atom. The molecule has 18 heavy (non-hydrogen) atoms. The summed E-state index contributed by atoms with van der Waals surface area (Å²) >= 11 is 0. The number of piperidine rings is 1. The maximum Gasteiger partial charge on any atom is 0.119 e. The minimum absolute atomic E-state index is 0.704. The van der Waals surface area contributed by atoms with E-state index in [1.165, 1.54) is 32.4 Å². The molecule has 1 saturated heterocycles. The molecule has 0 radical (unpaired) electrons. The first-order valence-electron chi connectivity index (χ1n) is 6.96. The number of ether oxygens (including phenoxy) is 2. The fourth-order valence-corrected chi connectivity index (χ4v) is 2.27. The molecule has 0 atom stereocenters. The SMILES string of the molecule is CCOc1ccc(OCCN2CCCCC2)cc1. The Morgan fingerprint density at radius 1 is 0.944 bits per heavy atom. The second-order valence-electron chi connectivity index (χ2n) is 4.66. The normalized spacial score (nSPS) is 16.5. The molecule has 1 fully saturated rings. The molecule has 1 aromatic rings. The van der Waals surface area contributed by atoms with E-state index in [0.29, 0.717) is 6.61 Å². The highest BCUT2D eigenvalue weighted by atomic mass is 16.5. The minimum atomic E-state index is 0.704. The van der Waals surface area contributed by atoms with Crippen LogP contribution in [-0.2, 0) is 0 Å². The van der Waals surface area contributed by atoms with E-state index < -0.39 is 0 Å². The summed E-state index contributed by atoms with van der Waals surface area (Å²) in [6, 6.07) is 7.86. The summed E-state index contributed by atoms with van der Waals surface area (Å²) in [6.45, 7) is 6.96. The molecule has 3 nitrogen and oxygen atoms in total. The Morgan fingerprint density at radius 3 is 2.17 bits per heavy atom. The number of hydrogen-bond donors (Lipinski definition) is 0. The fourth-order valence-electron chi connectivity index (χ4n) is 2.27. The third kappa shape index (κ3) is 4.22. The average Bonchev–Trinajstić information content (AvgIpc) is 2.42. The van der Waals surface area contributed by atoms with Gasteiger partial charge in [-0.1, -0.05) is 6.42 Å². The van der Waals surface area contributed by atoms with E-state index in [0.717, 1.165) is 24.7 Å². The van der Waals surface area contributed by atoms with Crippen molar-refractivity contribution in [1.82, 2.24) is 4.90 Å². The van der Waals surface area contributed by atoms with Gasteiger partial charge >= 0.3 is 0 Å². The van der Waals surface area contributed by atoms with Crippen molar-refractivity contribution in [2.24, 2.45) is 0 Å². The zero-order valence-corrected chi connectivity index (χ0v) is 11.2. The monoisotopic (exact) mass is 249 g/mol. The smallest absolute Gasteiger partial charge is 0.119 e. The number of rotatable bonds is 6. The second-order valence-corrected chi connectivity index (χ2v) is 4.66. The van der Waals surface area contributed by atoms with Gasteiger partial charge in [0.05, 0.1) is 6.61 Å². The lowest BCUT2D eigenvalue weighted by molar-refractivity contribution is 0.183.